The van der Waals surface area contributed by atoms with Crippen molar-refractivity contribution in [1.29, 1.82) is 0 Å². The molecule has 4 aliphatic rings. The first-order valence-corrected chi connectivity index (χ1v) is 12.9. The van der Waals surface area contributed by atoms with E-state index in [0.29, 0.717) is 25.7 Å². The van der Waals surface area contributed by atoms with Crippen LogP contribution < -0.4 is 10.2 Å². The molecular weight excluding hydrogens is 455 g/mol. The van der Waals surface area contributed by atoms with Crippen molar-refractivity contribution in [2.24, 2.45) is 0 Å². The number of anilines is 1. The first-order valence-electron chi connectivity index (χ1n) is 12.9. The number of ether oxygens (including phenoxy) is 2. The predicted molar refractivity (Wildman–Crippen MR) is 125 cm³/mol. The van der Waals surface area contributed by atoms with Gasteiger partial charge < -0.3 is 29.5 Å². The van der Waals surface area contributed by atoms with E-state index in [1.54, 1.807) is 0 Å². The number of hydrogen-bond acceptors (Lipinski definition) is 7. The second-order valence-corrected chi connectivity index (χ2v) is 9.86. The van der Waals surface area contributed by atoms with Crippen molar-refractivity contribution in [2.75, 3.05) is 50.8 Å². The van der Waals surface area contributed by atoms with Crippen LogP contribution in [0.25, 0.3) is 0 Å². The molecule has 0 saturated carbocycles. The topological polar surface area (TPSA) is 100 Å². The SMILES string of the molecule is O=C(NC1CCCN(C(=O)N2CCC2)C1COC1CCN(c2ncc(F)cn2)CC1)[C@@H]1CCCO1. The van der Waals surface area contributed by atoms with Gasteiger partial charge >= 0.3 is 6.03 Å². The summed E-state index contributed by atoms with van der Waals surface area (Å²) < 4.78 is 25.1. The molecule has 0 bridgehead atoms. The molecular formula is C24H35FN6O4. The van der Waals surface area contributed by atoms with Crippen LogP contribution in [0.1, 0.15) is 44.9 Å². The van der Waals surface area contributed by atoms with Crippen LogP contribution in [0, 0.1) is 5.82 Å². The third-order valence-electron chi connectivity index (χ3n) is 7.54. The molecule has 1 aromatic heterocycles. The highest BCUT2D eigenvalue weighted by atomic mass is 19.1. The van der Waals surface area contributed by atoms with Gasteiger partial charge in [-0.3, -0.25) is 4.79 Å². The minimum Gasteiger partial charge on any atom is -0.376 e. The van der Waals surface area contributed by atoms with Gasteiger partial charge in [0.1, 0.15) is 6.10 Å². The monoisotopic (exact) mass is 490 g/mol. The van der Waals surface area contributed by atoms with E-state index in [-0.39, 0.29) is 30.1 Å². The van der Waals surface area contributed by atoms with Crippen LogP contribution in [0.2, 0.25) is 0 Å². The van der Waals surface area contributed by atoms with Crippen LogP contribution >= 0.6 is 0 Å². The zero-order valence-electron chi connectivity index (χ0n) is 20.1. The molecule has 0 aromatic carbocycles. The van der Waals surface area contributed by atoms with E-state index in [0.717, 1.165) is 71.1 Å². The fraction of sp³-hybridized carbons (Fsp3) is 0.750. The number of nitrogens with one attached hydrogen (secondary N) is 1. The fourth-order valence-electron chi connectivity index (χ4n) is 5.34. The van der Waals surface area contributed by atoms with Gasteiger partial charge in [0.25, 0.3) is 0 Å². The van der Waals surface area contributed by atoms with E-state index in [1.165, 1.54) is 12.4 Å². The maximum atomic E-state index is 13.2. The number of nitrogens with zero attached hydrogens (tertiary/aromatic N) is 5. The van der Waals surface area contributed by atoms with Gasteiger partial charge in [0.05, 0.1) is 37.2 Å². The Balaban J connectivity index is 1.19. The van der Waals surface area contributed by atoms with E-state index in [1.807, 2.05) is 14.7 Å². The Hall–Kier alpha value is -2.53. The normalized spacial score (nSPS) is 27.6. The summed E-state index contributed by atoms with van der Waals surface area (Å²) in [5.41, 5.74) is 0. The average molecular weight is 491 g/mol. The van der Waals surface area contributed by atoms with Crippen molar-refractivity contribution >= 4 is 17.9 Å². The number of aromatic nitrogens is 2. The third-order valence-corrected chi connectivity index (χ3v) is 7.54. The number of halogens is 1. The summed E-state index contributed by atoms with van der Waals surface area (Å²) in [6.07, 6.45) is 7.95. The lowest BCUT2D eigenvalue weighted by molar-refractivity contribution is -0.132. The summed E-state index contributed by atoms with van der Waals surface area (Å²) in [6.45, 7) is 4.70. The largest absolute Gasteiger partial charge is 0.376 e. The van der Waals surface area contributed by atoms with Gasteiger partial charge in [-0.15, -0.1) is 0 Å². The lowest BCUT2D eigenvalue weighted by Crippen LogP contribution is -2.63. The Morgan fingerprint density at radius 3 is 2.46 bits per heavy atom. The van der Waals surface area contributed by atoms with Gasteiger partial charge in [0, 0.05) is 39.3 Å². The van der Waals surface area contributed by atoms with Gasteiger partial charge in [0.2, 0.25) is 11.9 Å². The quantitative estimate of drug-likeness (QED) is 0.646. The summed E-state index contributed by atoms with van der Waals surface area (Å²) in [5, 5.41) is 3.18. The molecule has 35 heavy (non-hydrogen) atoms. The van der Waals surface area contributed by atoms with Crippen LogP contribution in [0.15, 0.2) is 12.4 Å². The van der Waals surface area contributed by atoms with E-state index < -0.39 is 11.9 Å². The highest BCUT2D eigenvalue weighted by Gasteiger charge is 2.40. The Morgan fingerprint density at radius 1 is 1.03 bits per heavy atom. The molecule has 4 fully saturated rings. The standard InChI is InChI=1S/C24H35FN6O4/c25-17-14-26-23(27-15-17)29-11-6-18(7-12-29)35-16-20-19(28-22(32)21-5-2-13-34-21)4-1-10-31(20)24(33)30-8-3-9-30/h14-15,18-21H,1-13,16H2,(H,28,32)/t19?,20?,21-/m0/s1. The number of carbonyl (C=O) groups excluding carboxylic acids is 2. The maximum absolute atomic E-state index is 13.2. The summed E-state index contributed by atoms with van der Waals surface area (Å²) in [7, 11) is 0. The maximum Gasteiger partial charge on any atom is 0.320 e. The van der Waals surface area contributed by atoms with Crippen LogP contribution in [-0.4, -0.2) is 102 Å². The Bertz CT molecular complexity index is 871. The van der Waals surface area contributed by atoms with Gasteiger partial charge in [-0.25, -0.2) is 19.2 Å². The highest BCUT2D eigenvalue weighted by Crippen LogP contribution is 2.25. The molecule has 10 nitrogen and oxygen atoms in total. The zero-order valence-corrected chi connectivity index (χ0v) is 20.1. The molecule has 0 radical (unpaired) electrons. The lowest BCUT2D eigenvalue weighted by atomic mass is 9.95. The molecule has 192 valence electrons. The van der Waals surface area contributed by atoms with Crippen molar-refractivity contribution in [3.63, 3.8) is 0 Å². The van der Waals surface area contributed by atoms with Gasteiger partial charge in [-0.1, -0.05) is 0 Å². The first-order chi connectivity index (χ1) is 17.1. The minimum absolute atomic E-state index is 0.0455. The van der Waals surface area contributed by atoms with Gasteiger partial charge in [0.15, 0.2) is 5.82 Å². The van der Waals surface area contributed by atoms with Gasteiger partial charge in [-0.2, -0.15) is 0 Å². The van der Waals surface area contributed by atoms with Crippen LogP contribution in [0.3, 0.4) is 0 Å². The number of rotatable bonds is 6. The lowest BCUT2D eigenvalue weighted by Gasteiger charge is -2.45. The number of carbonyl (C=O) groups is 2. The minimum atomic E-state index is -0.446. The number of piperidine rings is 2. The Morgan fingerprint density at radius 2 is 1.80 bits per heavy atom. The second kappa shape index (κ2) is 11.0. The smallest absolute Gasteiger partial charge is 0.320 e. The molecule has 3 atom stereocenters. The van der Waals surface area contributed by atoms with Crippen molar-refractivity contribution in [3.8, 4) is 0 Å². The summed E-state index contributed by atoms with van der Waals surface area (Å²) in [6, 6.07) is -0.316. The highest BCUT2D eigenvalue weighted by molar-refractivity contribution is 5.81. The van der Waals surface area contributed by atoms with E-state index in [4.69, 9.17) is 9.47 Å². The summed E-state index contributed by atoms with van der Waals surface area (Å²) in [5.74, 6) is 0.00151. The molecule has 3 amide bonds. The molecule has 1 aromatic rings. The Labute approximate surface area is 205 Å². The molecule has 11 heteroatoms. The van der Waals surface area contributed by atoms with Crippen molar-refractivity contribution < 1.29 is 23.5 Å². The molecule has 5 rings (SSSR count). The fourth-order valence-corrected chi connectivity index (χ4v) is 5.34. The number of amides is 3. The molecule has 4 saturated heterocycles. The average Bonchev–Trinajstić information content (AvgIpc) is 3.38. The molecule has 0 aliphatic carbocycles. The molecule has 1 N–H and O–H groups in total. The third kappa shape index (κ3) is 5.66. The van der Waals surface area contributed by atoms with Crippen LogP contribution in [0.5, 0.6) is 0 Å². The first kappa shape index (κ1) is 24.2. The molecule has 5 heterocycles. The predicted octanol–water partition coefficient (Wildman–Crippen LogP) is 1.56. The summed E-state index contributed by atoms with van der Waals surface area (Å²) in [4.78, 5) is 39.9. The van der Waals surface area contributed by atoms with Crippen molar-refractivity contribution in [1.82, 2.24) is 25.1 Å². The van der Waals surface area contributed by atoms with Gasteiger partial charge in [-0.05, 0) is 44.9 Å². The number of likely N-dealkylation sites (tertiary alicyclic amines) is 2. The number of hydrogen-bond donors (Lipinski definition) is 1. The second-order valence-electron chi connectivity index (χ2n) is 9.86. The van der Waals surface area contributed by atoms with E-state index >= 15 is 0 Å². The zero-order chi connectivity index (χ0) is 24.2. The molecule has 4 aliphatic heterocycles. The van der Waals surface area contributed by atoms with Crippen molar-refractivity contribution in [2.45, 2.75) is 69.2 Å². The summed E-state index contributed by atoms with van der Waals surface area (Å²) >= 11 is 0. The molecule has 0 spiro atoms. The number of urea groups is 1. The van der Waals surface area contributed by atoms with Crippen molar-refractivity contribution in [3.05, 3.63) is 18.2 Å². The van der Waals surface area contributed by atoms with Crippen LogP contribution in [-0.2, 0) is 14.3 Å². The molecule has 2 unspecified atom stereocenters. The van der Waals surface area contributed by atoms with E-state index in [2.05, 4.69) is 15.3 Å². The van der Waals surface area contributed by atoms with E-state index in [9.17, 15) is 14.0 Å². The Kier molecular flexibility index (Phi) is 7.62. The van der Waals surface area contributed by atoms with Crippen LogP contribution in [0.4, 0.5) is 15.1 Å².